The Bertz CT molecular complexity index is 628. The molecule has 1 aromatic carbocycles. The summed E-state index contributed by atoms with van der Waals surface area (Å²) in [7, 11) is 0. The Kier molecular flexibility index (Phi) is 14.1. The second kappa shape index (κ2) is 15.0. The van der Waals surface area contributed by atoms with Gasteiger partial charge in [0.1, 0.15) is 0 Å². The minimum Gasteiger partial charge on any atom is -0.376 e. The summed E-state index contributed by atoms with van der Waals surface area (Å²) in [6.07, 6.45) is 5.31. The van der Waals surface area contributed by atoms with Gasteiger partial charge in [0, 0.05) is 37.0 Å². The number of ether oxygens (including phenoxy) is 1. The normalized spacial score (nSPS) is 12.8. The molecule has 0 bridgehead atoms. The highest BCUT2D eigenvalue weighted by Crippen LogP contribution is 2.18. The molecule has 0 saturated carbocycles. The van der Waals surface area contributed by atoms with Crippen molar-refractivity contribution in [3.63, 3.8) is 0 Å². The zero-order chi connectivity index (χ0) is 23.2. The van der Waals surface area contributed by atoms with Gasteiger partial charge in [0.05, 0.1) is 11.7 Å². The number of nitriles is 1. The van der Waals surface area contributed by atoms with E-state index in [4.69, 9.17) is 15.7 Å². The monoisotopic (exact) mass is 415 g/mol. The molecular weight excluding hydrogens is 370 g/mol. The third kappa shape index (κ3) is 13.4. The van der Waals surface area contributed by atoms with E-state index in [1.807, 2.05) is 25.1 Å². The van der Waals surface area contributed by atoms with Crippen LogP contribution in [-0.4, -0.2) is 31.3 Å². The highest BCUT2D eigenvalue weighted by atomic mass is 16.5. The topological polar surface area (TPSA) is 62.3 Å². The molecule has 0 saturated heterocycles. The number of hydrogen-bond donors (Lipinski definition) is 1. The van der Waals surface area contributed by atoms with Crippen LogP contribution in [0.25, 0.3) is 6.08 Å². The largest absolute Gasteiger partial charge is 0.376 e. The molecule has 1 rings (SSSR count). The van der Waals surface area contributed by atoms with Crippen LogP contribution in [0.2, 0.25) is 0 Å². The average molecular weight is 416 g/mol. The third-order valence-electron chi connectivity index (χ3n) is 4.42. The van der Waals surface area contributed by atoms with E-state index < -0.39 is 0 Å². The van der Waals surface area contributed by atoms with Gasteiger partial charge in [-0.2, -0.15) is 5.26 Å². The Morgan fingerprint density at radius 1 is 1.10 bits per heavy atom. The first kappa shape index (κ1) is 28.2. The Balaban J connectivity index is 0.000000710. The van der Waals surface area contributed by atoms with E-state index in [1.54, 1.807) is 0 Å². The molecular formula is C26H45N3O. The minimum absolute atomic E-state index is 0.0366. The summed E-state index contributed by atoms with van der Waals surface area (Å²) < 4.78 is 5.54. The highest BCUT2D eigenvalue weighted by molar-refractivity contribution is 5.61. The van der Waals surface area contributed by atoms with Crippen LogP contribution in [0, 0.1) is 17.2 Å². The van der Waals surface area contributed by atoms with E-state index >= 15 is 0 Å². The van der Waals surface area contributed by atoms with Crippen molar-refractivity contribution in [2.75, 3.05) is 24.6 Å². The maximum Gasteiger partial charge on any atom is 0.0963 e. The van der Waals surface area contributed by atoms with Crippen molar-refractivity contribution in [1.82, 2.24) is 0 Å². The number of hydrogen-bond acceptors (Lipinski definition) is 4. The van der Waals surface area contributed by atoms with Gasteiger partial charge in [-0.3, -0.25) is 0 Å². The zero-order valence-electron chi connectivity index (χ0n) is 20.7. The van der Waals surface area contributed by atoms with Crippen LogP contribution in [0.5, 0.6) is 0 Å². The first-order valence-electron chi connectivity index (χ1n) is 11.4. The summed E-state index contributed by atoms with van der Waals surface area (Å²) in [6.45, 7) is 20.0. The Morgan fingerprint density at radius 2 is 1.63 bits per heavy atom. The molecule has 0 spiro atoms. The molecule has 2 N–H and O–H groups in total. The maximum atomic E-state index is 9.03. The van der Waals surface area contributed by atoms with Gasteiger partial charge >= 0.3 is 0 Å². The van der Waals surface area contributed by atoms with Gasteiger partial charge in [0.15, 0.2) is 0 Å². The third-order valence-corrected chi connectivity index (χ3v) is 4.42. The molecule has 0 fully saturated rings. The van der Waals surface area contributed by atoms with Gasteiger partial charge in [-0.1, -0.05) is 39.8 Å². The summed E-state index contributed by atoms with van der Waals surface area (Å²) in [5.41, 5.74) is 8.66. The Hall–Kier alpha value is -1.83. The molecule has 170 valence electrons. The summed E-state index contributed by atoms with van der Waals surface area (Å²) in [5.74, 6) is 0.752. The van der Waals surface area contributed by atoms with E-state index in [-0.39, 0.29) is 11.6 Å². The van der Waals surface area contributed by atoms with E-state index in [0.717, 1.165) is 50.4 Å². The maximum absolute atomic E-state index is 9.03. The molecule has 1 aromatic rings. The quantitative estimate of drug-likeness (QED) is 0.448. The van der Waals surface area contributed by atoms with Crippen molar-refractivity contribution >= 4 is 11.8 Å². The molecule has 0 aliphatic heterocycles. The molecule has 0 radical (unpaired) electrons. The van der Waals surface area contributed by atoms with Crippen molar-refractivity contribution in [2.45, 2.75) is 86.3 Å². The summed E-state index contributed by atoms with van der Waals surface area (Å²) >= 11 is 0. The number of nitrogens with zero attached hydrogens (tertiary/aromatic N) is 2. The molecule has 0 aliphatic rings. The van der Waals surface area contributed by atoms with E-state index in [0.29, 0.717) is 5.57 Å². The van der Waals surface area contributed by atoms with Crippen LogP contribution in [-0.2, 0) is 4.74 Å². The SMILES string of the molecule is CC(C)CCOC(C)(C)C.CCCN(CCC)c1ccc(/C=C(\C#N)C(C)N)cc1. The molecule has 30 heavy (non-hydrogen) atoms. The molecule has 0 amide bonds. The number of rotatable bonds is 10. The first-order chi connectivity index (χ1) is 14.0. The molecule has 4 nitrogen and oxygen atoms in total. The second-order valence-corrected chi connectivity index (χ2v) is 9.22. The molecule has 1 atom stereocenters. The fraction of sp³-hybridized carbons (Fsp3) is 0.654. The van der Waals surface area contributed by atoms with Crippen LogP contribution in [0.4, 0.5) is 5.69 Å². The van der Waals surface area contributed by atoms with Crippen LogP contribution in [0.1, 0.15) is 80.2 Å². The number of nitrogens with two attached hydrogens (primary N) is 1. The van der Waals surface area contributed by atoms with Crippen molar-refractivity contribution in [3.8, 4) is 6.07 Å². The fourth-order valence-electron chi connectivity index (χ4n) is 2.74. The first-order valence-corrected chi connectivity index (χ1v) is 11.4. The van der Waals surface area contributed by atoms with E-state index in [2.05, 4.69) is 71.6 Å². The Morgan fingerprint density at radius 3 is 2.00 bits per heavy atom. The number of benzene rings is 1. The van der Waals surface area contributed by atoms with E-state index in [9.17, 15) is 0 Å². The summed E-state index contributed by atoms with van der Waals surface area (Å²) in [5, 5.41) is 9.03. The minimum atomic E-state index is -0.226. The van der Waals surface area contributed by atoms with Crippen molar-refractivity contribution in [1.29, 1.82) is 5.26 Å². The standard InChI is InChI=1S/C17H25N3.C9H20O/c1-4-10-20(11-5-2)17-8-6-15(7-9-17)12-16(13-18)14(3)19;1-8(2)6-7-10-9(3,4)5/h6-9,12,14H,4-5,10-11,19H2,1-3H3;8H,6-7H2,1-5H3/b16-12+;. The van der Waals surface area contributed by atoms with Crippen molar-refractivity contribution in [2.24, 2.45) is 11.7 Å². The van der Waals surface area contributed by atoms with Gasteiger partial charge in [-0.15, -0.1) is 0 Å². The van der Waals surface area contributed by atoms with Crippen LogP contribution in [0.3, 0.4) is 0 Å². The lowest BCUT2D eigenvalue weighted by atomic mass is 10.1. The average Bonchev–Trinajstić information content (AvgIpc) is 2.65. The summed E-state index contributed by atoms with van der Waals surface area (Å²) in [4.78, 5) is 2.39. The lowest BCUT2D eigenvalue weighted by Crippen LogP contribution is -2.24. The van der Waals surface area contributed by atoms with Gasteiger partial charge in [0.2, 0.25) is 0 Å². The number of anilines is 1. The fourth-order valence-corrected chi connectivity index (χ4v) is 2.74. The molecule has 1 unspecified atom stereocenters. The van der Waals surface area contributed by atoms with Gasteiger partial charge in [0.25, 0.3) is 0 Å². The van der Waals surface area contributed by atoms with Gasteiger partial charge in [-0.25, -0.2) is 0 Å². The molecule has 0 aromatic heterocycles. The van der Waals surface area contributed by atoms with Gasteiger partial charge < -0.3 is 15.4 Å². The Labute approximate surface area is 186 Å². The zero-order valence-corrected chi connectivity index (χ0v) is 20.7. The lowest BCUT2D eigenvalue weighted by Gasteiger charge is -2.23. The predicted octanol–water partition coefficient (Wildman–Crippen LogP) is 6.41. The van der Waals surface area contributed by atoms with Crippen molar-refractivity contribution in [3.05, 3.63) is 35.4 Å². The van der Waals surface area contributed by atoms with Crippen LogP contribution in [0.15, 0.2) is 29.8 Å². The van der Waals surface area contributed by atoms with E-state index in [1.165, 1.54) is 5.69 Å². The van der Waals surface area contributed by atoms with Crippen LogP contribution < -0.4 is 10.6 Å². The lowest BCUT2D eigenvalue weighted by molar-refractivity contribution is -0.00774. The second-order valence-electron chi connectivity index (χ2n) is 9.22. The highest BCUT2D eigenvalue weighted by Gasteiger charge is 2.09. The van der Waals surface area contributed by atoms with Crippen molar-refractivity contribution < 1.29 is 4.74 Å². The van der Waals surface area contributed by atoms with Gasteiger partial charge in [-0.05, 0) is 76.6 Å². The smallest absolute Gasteiger partial charge is 0.0963 e. The summed E-state index contributed by atoms with van der Waals surface area (Å²) in [6, 6.07) is 10.3. The molecule has 0 aliphatic carbocycles. The predicted molar refractivity (Wildman–Crippen MR) is 132 cm³/mol. The molecule has 4 heteroatoms. The molecule has 0 heterocycles. The van der Waals surface area contributed by atoms with Crippen LogP contribution >= 0.6 is 0 Å².